The lowest BCUT2D eigenvalue weighted by Gasteiger charge is -2.10. The van der Waals surface area contributed by atoms with Crippen LogP contribution in [0.2, 0.25) is 0 Å². The first-order chi connectivity index (χ1) is 6.63. The summed E-state index contributed by atoms with van der Waals surface area (Å²) in [6.45, 7) is 1.82. The van der Waals surface area contributed by atoms with Gasteiger partial charge in [-0.25, -0.2) is 0 Å². The van der Waals surface area contributed by atoms with Gasteiger partial charge in [0.05, 0.1) is 6.04 Å². The van der Waals surface area contributed by atoms with E-state index in [1.54, 1.807) is 7.05 Å². The molecule has 0 fully saturated rings. The monoisotopic (exact) mass is 304 g/mol. The molecule has 14 heavy (non-hydrogen) atoms. The number of anilines is 1. The van der Waals surface area contributed by atoms with Crippen LogP contribution in [0.3, 0.4) is 0 Å². The lowest BCUT2D eigenvalue weighted by atomic mass is 10.3. The fourth-order valence-corrected chi connectivity index (χ4v) is 1.49. The molecule has 0 aliphatic carbocycles. The van der Waals surface area contributed by atoms with Gasteiger partial charge in [-0.2, -0.15) is 0 Å². The van der Waals surface area contributed by atoms with Crippen LogP contribution in [0.15, 0.2) is 24.3 Å². The largest absolute Gasteiger partial charge is 0.325 e. The van der Waals surface area contributed by atoms with E-state index in [0.29, 0.717) is 0 Å². The van der Waals surface area contributed by atoms with Crippen LogP contribution in [-0.2, 0) is 4.79 Å². The van der Waals surface area contributed by atoms with Crippen molar-refractivity contribution in [2.45, 2.75) is 13.0 Å². The third-order valence-corrected chi connectivity index (χ3v) is 2.59. The summed E-state index contributed by atoms with van der Waals surface area (Å²) in [5.41, 5.74) is 0.837. The van der Waals surface area contributed by atoms with Crippen LogP contribution in [0.1, 0.15) is 6.92 Å². The highest BCUT2D eigenvalue weighted by Crippen LogP contribution is 2.12. The Kier molecular flexibility index (Phi) is 4.34. The molecule has 0 heterocycles. The first-order valence-corrected chi connectivity index (χ1v) is 5.45. The Morgan fingerprint density at radius 3 is 2.79 bits per heavy atom. The molecule has 0 spiro atoms. The van der Waals surface area contributed by atoms with Crippen LogP contribution >= 0.6 is 22.6 Å². The molecule has 4 heteroatoms. The van der Waals surface area contributed by atoms with Gasteiger partial charge in [-0.3, -0.25) is 4.79 Å². The van der Waals surface area contributed by atoms with Crippen LogP contribution in [0.25, 0.3) is 0 Å². The van der Waals surface area contributed by atoms with E-state index in [0.717, 1.165) is 9.26 Å². The first kappa shape index (κ1) is 11.5. The fraction of sp³-hybridized carbons (Fsp3) is 0.300. The third-order valence-electron chi connectivity index (χ3n) is 1.92. The van der Waals surface area contributed by atoms with Crippen molar-refractivity contribution in [3.8, 4) is 0 Å². The standard InChI is InChI=1S/C10H13IN2O/c1-7(12-2)10(14)13-9-5-3-4-8(11)6-9/h3-7,12H,1-2H3,(H,13,14). The molecule has 0 aromatic heterocycles. The SMILES string of the molecule is CNC(C)C(=O)Nc1cccc(I)c1. The van der Waals surface area contributed by atoms with Crippen LogP contribution in [0, 0.1) is 3.57 Å². The van der Waals surface area contributed by atoms with Crippen LogP contribution in [-0.4, -0.2) is 19.0 Å². The minimum Gasteiger partial charge on any atom is -0.325 e. The quantitative estimate of drug-likeness (QED) is 0.837. The normalized spacial score (nSPS) is 12.2. The summed E-state index contributed by atoms with van der Waals surface area (Å²) in [6.07, 6.45) is 0. The zero-order valence-electron chi connectivity index (χ0n) is 8.17. The average Bonchev–Trinajstić information content (AvgIpc) is 2.16. The number of carbonyl (C=O) groups is 1. The summed E-state index contributed by atoms with van der Waals surface area (Å²) in [4.78, 5) is 11.5. The van der Waals surface area contributed by atoms with Gasteiger partial charge in [0, 0.05) is 9.26 Å². The minimum absolute atomic E-state index is 0.0190. The number of hydrogen-bond donors (Lipinski definition) is 2. The second kappa shape index (κ2) is 5.31. The Morgan fingerprint density at radius 1 is 1.50 bits per heavy atom. The van der Waals surface area contributed by atoms with Gasteiger partial charge in [0.1, 0.15) is 0 Å². The van der Waals surface area contributed by atoms with Crippen molar-refractivity contribution >= 4 is 34.2 Å². The van der Waals surface area contributed by atoms with Gasteiger partial charge in [0.25, 0.3) is 0 Å². The molecule has 1 amide bonds. The van der Waals surface area contributed by atoms with Gasteiger partial charge >= 0.3 is 0 Å². The Morgan fingerprint density at radius 2 is 2.21 bits per heavy atom. The predicted molar refractivity (Wildman–Crippen MR) is 66.3 cm³/mol. The molecule has 0 aliphatic heterocycles. The third kappa shape index (κ3) is 3.26. The second-order valence-corrected chi connectivity index (χ2v) is 4.26. The number of halogens is 1. The number of amides is 1. The maximum Gasteiger partial charge on any atom is 0.241 e. The number of likely N-dealkylation sites (N-methyl/N-ethyl adjacent to an activating group) is 1. The molecule has 0 aliphatic rings. The Bertz CT molecular complexity index is 328. The van der Waals surface area contributed by atoms with Gasteiger partial charge in [0.2, 0.25) is 5.91 Å². The predicted octanol–water partition coefficient (Wildman–Crippen LogP) is 1.84. The van der Waals surface area contributed by atoms with Crippen molar-refractivity contribution < 1.29 is 4.79 Å². The smallest absolute Gasteiger partial charge is 0.241 e. The molecule has 0 saturated heterocycles. The number of carbonyl (C=O) groups excluding carboxylic acids is 1. The summed E-state index contributed by atoms with van der Waals surface area (Å²) in [6, 6.07) is 7.54. The van der Waals surface area contributed by atoms with Crippen LogP contribution < -0.4 is 10.6 Å². The van der Waals surface area contributed by atoms with E-state index < -0.39 is 0 Å². The van der Waals surface area contributed by atoms with Gasteiger partial charge < -0.3 is 10.6 Å². The van der Waals surface area contributed by atoms with E-state index in [1.165, 1.54) is 0 Å². The molecule has 1 atom stereocenters. The van der Waals surface area contributed by atoms with Crippen LogP contribution in [0.5, 0.6) is 0 Å². The topological polar surface area (TPSA) is 41.1 Å². The molecular formula is C10H13IN2O. The zero-order chi connectivity index (χ0) is 10.6. The second-order valence-electron chi connectivity index (χ2n) is 3.01. The van der Waals surface area contributed by atoms with Gasteiger partial charge in [-0.15, -0.1) is 0 Å². The van der Waals surface area contributed by atoms with E-state index in [2.05, 4.69) is 33.2 Å². The maximum absolute atomic E-state index is 11.5. The summed E-state index contributed by atoms with van der Waals surface area (Å²) < 4.78 is 1.11. The van der Waals surface area contributed by atoms with E-state index >= 15 is 0 Å². The Hall–Kier alpha value is -0.620. The van der Waals surface area contributed by atoms with Gasteiger partial charge in [-0.05, 0) is 54.8 Å². The number of nitrogens with one attached hydrogen (secondary N) is 2. The summed E-state index contributed by atoms with van der Waals surface area (Å²) >= 11 is 2.21. The Labute approximate surface area is 97.4 Å². The number of hydrogen-bond acceptors (Lipinski definition) is 2. The first-order valence-electron chi connectivity index (χ1n) is 4.37. The molecule has 3 nitrogen and oxygen atoms in total. The number of benzene rings is 1. The van der Waals surface area contributed by atoms with E-state index in [-0.39, 0.29) is 11.9 Å². The van der Waals surface area contributed by atoms with Crippen molar-refractivity contribution in [2.24, 2.45) is 0 Å². The molecule has 1 rings (SSSR count). The molecule has 1 aromatic rings. The average molecular weight is 304 g/mol. The van der Waals surface area contributed by atoms with Gasteiger partial charge in [0.15, 0.2) is 0 Å². The Balaban J connectivity index is 2.65. The minimum atomic E-state index is -0.173. The fourth-order valence-electron chi connectivity index (χ4n) is 0.948. The zero-order valence-corrected chi connectivity index (χ0v) is 10.3. The van der Waals surface area contributed by atoms with Crippen LogP contribution in [0.4, 0.5) is 5.69 Å². The van der Waals surface area contributed by atoms with E-state index in [4.69, 9.17) is 0 Å². The number of rotatable bonds is 3. The highest BCUT2D eigenvalue weighted by atomic mass is 127. The van der Waals surface area contributed by atoms with Crippen molar-refractivity contribution in [1.82, 2.24) is 5.32 Å². The van der Waals surface area contributed by atoms with Crippen molar-refractivity contribution in [3.05, 3.63) is 27.8 Å². The summed E-state index contributed by atoms with van der Waals surface area (Å²) in [5.74, 6) is -0.0190. The van der Waals surface area contributed by atoms with E-state index in [1.807, 2.05) is 31.2 Å². The lowest BCUT2D eigenvalue weighted by Crippen LogP contribution is -2.35. The molecule has 2 N–H and O–H groups in total. The highest BCUT2D eigenvalue weighted by Gasteiger charge is 2.09. The molecule has 0 saturated carbocycles. The highest BCUT2D eigenvalue weighted by molar-refractivity contribution is 14.1. The molecular weight excluding hydrogens is 291 g/mol. The van der Waals surface area contributed by atoms with Gasteiger partial charge in [-0.1, -0.05) is 6.07 Å². The molecule has 1 aromatic carbocycles. The molecule has 76 valence electrons. The molecule has 0 bridgehead atoms. The maximum atomic E-state index is 11.5. The molecule has 0 radical (unpaired) electrons. The summed E-state index contributed by atoms with van der Waals surface area (Å²) in [5, 5.41) is 5.71. The molecule has 1 unspecified atom stereocenters. The summed E-state index contributed by atoms with van der Waals surface area (Å²) in [7, 11) is 1.76. The van der Waals surface area contributed by atoms with Crippen molar-refractivity contribution in [2.75, 3.05) is 12.4 Å². The van der Waals surface area contributed by atoms with Crippen molar-refractivity contribution in [3.63, 3.8) is 0 Å². The lowest BCUT2D eigenvalue weighted by molar-refractivity contribution is -0.117. The van der Waals surface area contributed by atoms with Crippen molar-refractivity contribution in [1.29, 1.82) is 0 Å². The van der Waals surface area contributed by atoms with E-state index in [9.17, 15) is 4.79 Å².